The number of fused-ring (bicyclic) bond motifs is 1. The van der Waals surface area contributed by atoms with E-state index in [2.05, 4.69) is 11.1 Å². The van der Waals surface area contributed by atoms with Crippen LogP contribution in [-0.4, -0.2) is 47.3 Å². The Morgan fingerprint density at radius 2 is 1.80 bits per heavy atom. The number of ether oxygens (including phenoxy) is 1. The van der Waals surface area contributed by atoms with E-state index in [9.17, 15) is 14.4 Å². The first-order chi connectivity index (χ1) is 20.0. The standard InChI is InChI=1S/C33H31N3O5/c1-40-26-17-13-24(14-18-26)32(38)35(20-19-22-7-3-2-4-8-22)28-21-30(37)36(33(28)39)25-15-11-23(12-16-25)31-34-27-9-5-6-10-29(27)41-31/h5-7,9-18,28H,2-4,8,19-21H2,1H3. The molecule has 0 spiro atoms. The van der Waals surface area contributed by atoms with Crippen molar-refractivity contribution >= 4 is 34.5 Å². The second-order valence-corrected chi connectivity index (χ2v) is 10.4. The summed E-state index contributed by atoms with van der Waals surface area (Å²) < 4.78 is 11.1. The lowest BCUT2D eigenvalue weighted by atomic mass is 9.96. The number of methoxy groups -OCH3 is 1. The number of oxazole rings is 1. The van der Waals surface area contributed by atoms with E-state index in [1.807, 2.05) is 24.3 Å². The molecule has 0 radical (unpaired) electrons. The predicted octanol–water partition coefficient (Wildman–Crippen LogP) is 6.17. The van der Waals surface area contributed by atoms with Crippen molar-refractivity contribution in [1.82, 2.24) is 9.88 Å². The topological polar surface area (TPSA) is 92.9 Å². The van der Waals surface area contributed by atoms with Gasteiger partial charge in [-0.25, -0.2) is 9.88 Å². The fourth-order valence-corrected chi connectivity index (χ4v) is 5.57. The van der Waals surface area contributed by atoms with Crippen molar-refractivity contribution in [3.8, 4) is 17.2 Å². The Bertz CT molecular complexity index is 1590. The Labute approximate surface area is 238 Å². The van der Waals surface area contributed by atoms with Gasteiger partial charge in [0.1, 0.15) is 17.3 Å². The molecule has 6 rings (SSSR count). The molecule has 1 saturated heterocycles. The third-order valence-electron chi connectivity index (χ3n) is 7.82. The van der Waals surface area contributed by atoms with E-state index in [1.165, 1.54) is 16.9 Å². The molecular formula is C33H31N3O5. The lowest BCUT2D eigenvalue weighted by molar-refractivity contribution is -0.122. The van der Waals surface area contributed by atoms with Crippen LogP contribution in [0.5, 0.6) is 5.75 Å². The molecule has 2 aliphatic rings. The van der Waals surface area contributed by atoms with Crippen molar-refractivity contribution in [3.05, 3.63) is 90.0 Å². The van der Waals surface area contributed by atoms with Crippen LogP contribution < -0.4 is 9.64 Å². The summed E-state index contributed by atoms with van der Waals surface area (Å²) in [4.78, 5) is 48.0. The third-order valence-corrected chi connectivity index (χ3v) is 7.82. The van der Waals surface area contributed by atoms with Gasteiger partial charge in [0.05, 0.1) is 19.2 Å². The summed E-state index contributed by atoms with van der Waals surface area (Å²) in [6, 6.07) is 20.5. The number of hydrogen-bond acceptors (Lipinski definition) is 6. The van der Waals surface area contributed by atoms with E-state index >= 15 is 0 Å². The summed E-state index contributed by atoms with van der Waals surface area (Å²) in [5.41, 5.74) is 4.37. The molecule has 1 aliphatic heterocycles. The Balaban J connectivity index is 1.24. The summed E-state index contributed by atoms with van der Waals surface area (Å²) in [6.07, 6.45) is 7.20. The van der Waals surface area contributed by atoms with Gasteiger partial charge in [0.15, 0.2) is 5.58 Å². The van der Waals surface area contributed by atoms with Gasteiger partial charge in [0.25, 0.3) is 11.8 Å². The fourth-order valence-electron chi connectivity index (χ4n) is 5.57. The Morgan fingerprint density at radius 1 is 1.02 bits per heavy atom. The minimum Gasteiger partial charge on any atom is -0.497 e. The Morgan fingerprint density at radius 3 is 2.51 bits per heavy atom. The van der Waals surface area contributed by atoms with Crippen LogP contribution in [0.1, 0.15) is 48.9 Å². The molecule has 208 valence electrons. The quantitative estimate of drug-likeness (QED) is 0.193. The molecule has 0 saturated carbocycles. The van der Waals surface area contributed by atoms with Crippen LogP contribution in [-0.2, 0) is 9.59 Å². The van der Waals surface area contributed by atoms with Crippen molar-refractivity contribution in [2.75, 3.05) is 18.6 Å². The van der Waals surface area contributed by atoms with Gasteiger partial charge in [-0.1, -0.05) is 23.8 Å². The SMILES string of the molecule is COc1ccc(C(=O)N(CCC2=CCCCC2)C2CC(=O)N(c3ccc(-c4nc5ccccc5o4)cc3)C2=O)cc1. The minimum atomic E-state index is -0.877. The number of carbonyl (C=O) groups is 3. The van der Waals surface area contributed by atoms with Gasteiger partial charge < -0.3 is 14.1 Å². The molecule has 41 heavy (non-hydrogen) atoms. The normalized spacial score (nSPS) is 17.1. The van der Waals surface area contributed by atoms with Crippen LogP contribution in [0.25, 0.3) is 22.6 Å². The van der Waals surface area contributed by atoms with E-state index < -0.39 is 11.9 Å². The molecule has 4 aromatic rings. The number of nitrogens with zero attached hydrogens (tertiary/aromatic N) is 3. The Hall–Kier alpha value is -4.72. The van der Waals surface area contributed by atoms with Crippen LogP contribution in [0, 0.1) is 0 Å². The van der Waals surface area contributed by atoms with Gasteiger partial charge in [-0.3, -0.25) is 14.4 Å². The van der Waals surface area contributed by atoms with E-state index in [4.69, 9.17) is 9.15 Å². The van der Waals surface area contributed by atoms with Crippen molar-refractivity contribution in [3.63, 3.8) is 0 Å². The van der Waals surface area contributed by atoms with Crippen molar-refractivity contribution in [1.29, 1.82) is 0 Å². The number of carbonyl (C=O) groups excluding carboxylic acids is 3. The first-order valence-corrected chi connectivity index (χ1v) is 14.0. The fraction of sp³-hybridized carbons (Fsp3) is 0.273. The highest BCUT2D eigenvalue weighted by atomic mass is 16.5. The largest absolute Gasteiger partial charge is 0.497 e. The molecule has 1 fully saturated rings. The molecule has 0 bridgehead atoms. The highest BCUT2D eigenvalue weighted by Gasteiger charge is 2.44. The molecule has 8 nitrogen and oxygen atoms in total. The maximum Gasteiger partial charge on any atom is 0.257 e. The van der Waals surface area contributed by atoms with Crippen LogP contribution >= 0.6 is 0 Å². The average molecular weight is 550 g/mol. The average Bonchev–Trinajstić information content (AvgIpc) is 3.58. The molecule has 3 aromatic carbocycles. The highest BCUT2D eigenvalue weighted by molar-refractivity contribution is 6.23. The number of hydrogen-bond donors (Lipinski definition) is 0. The summed E-state index contributed by atoms with van der Waals surface area (Å²) in [6.45, 7) is 0.366. The molecular weight excluding hydrogens is 518 g/mol. The molecule has 1 atom stereocenters. The number of rotatable bonds is 8. The molecule has 1 aliphatic carbocycles. The maximum atomic E-state index is 13.8. The first kappa shape index (κ1) is 26.5. The monoisotopic (exact) mass is 549 g/mol. The van der Waals surface area contributed by atoms with Gasteiger partial charge in [-0.05, 0) is 92.8 Å². The second kappa shape index (κ2) is 11.4. The smallest absolute Gasteiger partial charge is 0.257 e. The van der Waals surface area contributed by atoms with Crippen molar-refractivity contribution in [2.24, 2.45) is 0 Å². The summed E-state index contributed by atoms with van der Waals surface area (Å²) in [5.74, 6) is 0.0922. The van der Waals surface area contributed by atoms with Crippen LogP contribution in [0.4, 0.5) is 5.69 Å². The number of anilines is 1. The number of amides is 3. The lowest BCUT2D eigenvalue weighted by Crippen LogP contribution is -2.46. The van der Waals surface area contributed by atoms with Crippen LogP contribution in [0.2, 0.25) is 0 Å². The summed E-state index contributed by atoms with van der Waals surface area (Å²) in [5, 5.41) is 0. The van der Waals surface area contributed by atoms with Crippen molar-refractivity contribution in [2.45, 2.75) is 44.6 Å². The van der Waals surface area contributed by atoms with Gasteiger partial charge in [0, 0.05) is 17.7 Å². The number of imide groups is 1. The van der Waals surface area contributed by atoms with Gasteiger partial charge >= 0.3 is 0 Å². The van der Waals surface area contributed by atoms with Gasteiger partial charge in [-0.2, -0.15) is 0 Å². The zero-order valence-electron chi connectivity index (χ0n) is 22.9. The van der Waals surface area contributed by atoms with Gasteiger partial charge in [0.2, 0.25) is 11.8 Å². The predicted molar refractivity (Wildman–Crippen MR) is 156 cm³/mol. The van der Waals surface area contributed by atoms with Crippen LogP contribution in [0.15, 0.2) is 88.9 Å². The lowest BCUT2D eigenvalue weighted by Gasteiger charge is -2.28. The molecule has 3 amide bonds. The maximum absolute atomic E-state index is 13.8. The molecule has 2 heterocycles. The Kier molecular flexibility index (Phi) is 7.37. The molecule has 1 unspecified atom stereocenters. The molecule has 8 heteroatoms. The second-order valence-electron chi connectivity index (χ2n) is 10.4. The number of para-hydroxylation sites is 2. The first-order valence-electron chi connectivity index (χ1n) is 14.0. The van der Waals surface area contributed by atoms with E-state index in [0.717, 1.165) is 30.3 Å². The van der Waals surface area contributed by atoms with E-state index in [1.54, 1.807) is 60.5 Å². The van der Waals surface area contributed by atoms with Crippen molar-refractivity contribution < 1.29 is 23.5 Å². The highest BCUT2D eigenvalue weighted by Crippen LogP contribution is 2.31. The van der Waals surface area contributed by atoms with Crippen LogP contribution in [0.3, 0.4) is 0 Å². The van der Waals surface area contributed by atoms with Gasteiger partial charge in [-0.15, -0.1) is 0 Å². The minimum absolute atomic E-state index is 0.0628. The summed E-state index contributed by atoms with van der Waals surface area (Å²) >= 11 is 0. The molecule has 0 N–H and O–H groups in total. The number of aromatic nitrogens is 1. The zero-order chi connectivity index (χ0) is 28.3. The van der Waals surface area contributed by atoms with E-state index in [0.29, 0.717) is 41.4 Å². The number of benzene rings is 3. The summed E-state index contributed by atoms with van der Waals surface area (Å²) in [7, 11) is 1.57. The third kappa shape index (κ3) is 5.37. The van der Waals surface area contributed by atoms with E-state index in [-0.39, 0.29) is 18.2 Å². The molecule has 1 aromatic heterocycles. The zero-order valence-corrected chi connectivity index (χ0v) is 22.9. The number of allylic oxidation sites excluding steroid dienone is 1.